The lowest BCUT2D eigenvalue weighted by Gasteiger charge is -2.16. The Bertz CT molecular complexity index is 648. The number of amides is 1. The van der Waals surface area contributed by atoms with E-state index in [1.807, 2.05) is 18.2 Å². The van der Waals surface area contributed by atoms with Crippen molar-refractivity contribution in [2.75, 3.05) is 0 Å². The summed E-state index contributed by atoms with van der Waals surface area (Å²) in [7, 11) is 0. The van der Waals surface area contributed by atoms with Gasteiger partial charge in [0.1, 0.15) is 5.82 Å². The fraction of sp³-hybridized carbons (Fsp3) is 0.133. The van der Waals surface area contributed by atoms with Gasteiger partial charge in [-0.3, -0.25) is 4.79 Å². The Hall–Kier alpha value is -1.39. The van der Waals surface area contributed by atoms with Crippen LogP contribution in [0.5, 0.6) is 0 Å². The molecule has 104 valence electrons. The smallest absolute Gasteiger partial charge is 0.254 e. The molecule has 2 nitrogen and oxygen atoms in total. The molecule has 5 heteroatoms. The van der Waals surface area contributed by atoms with Crippen molar-refractivity contribution in [1.29, 1.82) is 0 Å². The maximum absolute atomic E-state index is 13.6. The van der Waals surface area contributed by atoms with E-state index in [0.29, 0.717) is 9.50 Å². The zero-order chi connectivity index (χ0) is 14.7. The summed E-state index contributed by atoms with van der Waals surface area (Å²) in [4.78, 5) is 12.1. The number of nitrogens with one attached hydrogen (secondary N) is 1. The third-order valence-electron chi connectivity index (χ3n) is 2.89. The molecule has 1 N–H and O–H groups in total. The topological polar surface area (TPSA) is 29.1 Å². The number of hydrogen-bond donors (Lipinski definition) is 1. The van der Waals surface area contributed by atoms with Crippen LogP contribution in [0.25, 0.3) is 0 Å². The molecule has 0 saturated heterocycles. The van der Waals surface area contributed by atoms with Crippen LogP contribution < -0.4 is 5.32 Å². The molecule has 1 atom stereocenters. The van der Waals surface area contributed by atoms with Gasteiger partial charge in [0.25, 0.3) is 5.91 Å². The van der Waals surface area contributed by atoms with Gasteiger partial charge >= 0.3 is 0 Å². The fourth-order valence-electron chi connectivity index (χ4n) is 1.85. The van der Waals surface area contributed by atoms with Gasteiger partial charge in [0.2, 0.25) is 0 Å². The van der Waals surface area contributed by atoms with E-state index in [9.17, 15) is 9.18 Å². The fourth-order valence-corrected chi connectivity index (χ4v) is 2.51. The summed E-state index contributed by atoms with van der Waals surface area (Å²) in [6.45, 7) is 1.80. The molecular formula is C15H12BrClFNO. The summed E-state index contributed by atoms with van der Waals surface area (Å²) in [5, 5.41) is 3.30. The molecular weight excluding hydrogens is 345 g/mol. The lowest BCUT2D eigenvalue weighted by molar-refractivity contribution is 0.0936. The highest BCUT2D eigenvalue weighted by Crippen LogP contribution is 2.23. The number of carbonyl (C=O) groups is 1. The van der Waals surface area contributed by atoms with Crippen LogP contribution in [0.2, 0.25) is 5.02 Å². The molecule has 1 amide bonds. The van der Waals surface area contributed by atoms with E-state index < -0.39 is 11.7 Å². The first-order chi connectivity index (χ1) is 9.49. The standard InChI is InChI=1S/C15H12BrClFNO/c1-9(11-4-2-3-5-13(11)17)19-15(20)12-8-10(16)6-7-14(12)18/h2-9H,1H3,(H,19,20). The summed E-state index contributed by atoms with van der Waals surface area (Å²) in [5.74, 6) is -1.03. The van der Waals surface area contributed by atoms with Crippen molar-refractivity contribution in [2.45, 2.75) is 13.0 Å². The van der Waals surface area contributed by atoms with E-state index in [1.165, 1.54) is 12.1 Å². The minimum atomic E-state index is -0.558. The van der Waals surface area contributed by atoms with Gasteiger partial charge in [-0.25, -0.2) is 4.39 Å². The Labute approximate surface area is 130 Å². The molecule has 0 radical (unpaired) electrons. The number of benzene rings is 2. The maximum Gasteiger partial charge on any atom is 0.254 e. The first kappa shape index (κ1) is 15.0. The molecule has 1 unspecified atom stereocenters. The van der Waals surface area contributed by atoms with Crippen molar-refractivity contribution in [3.8, 4) is 0 Å². The van der Waals surface area contributed by atoms with Crippen LogP contribution in [0.4, 0.5) is 4.39 Å². The molecule has 0 saturated carbocycles. The van der Waals surface area contributed by atoms with E-state index >= 15 is 0 Å². The highest BCUT2D eigenvalue weighted by molar-refractivity contribution is 9.10. The summed E-state index contributed by atoms with van der Waals surface area (Å²) in [6, 6.07) is 11.2. The summed E-state index contributed by atoms with van der Waals surface area (Å²) in [6.07, 6.45) is 0. The quantitative estimate of drug-likeness (QED) is 0.846. The molecule has 0 heterocycles. The average Bonchev–Trinajstić information content (AvgIpc) is 2.41. The molecule has 2 rings (SSSR count). The predicted molar refractivity (Wildman–Crippen MR) is 81.4 cm³/mol. The first-order valence-electron chi connectivity index (χ1n) is 5.99. The molecule has 20 heavy (non-hydrogen) atoms. The highest BCUT2D eigenvalue weighted by Gasteiger charge is 2.16. The van der Waals surface area contributed by atoms with Crippen molar-refractivity contribution >= 4 is 33.4 Å². The predicted octanol–water partition coefficient (Wildman–Crippen LogP) is 4.73. The Kier molecular flexibility index (Phi) is 4.78. The third-order valence-corrected chi connectivity index (χ3v) is 3.73. The van der Waals surface area contributed by atoms with E-state index in [2.05, 4.69) is 21.2 Å². The monoisotopic (exact) mass is 355 g/mol. The maximum atomic E-state index is 13.6. The van der Waals surface area contributed by atoms with E-state index in [0.717, 1.165) is 5.56 Å². The van der Waals surface area contributed by atoms with E-state index in [1.54, 1.807) is 19.1 Å². The van der Waals surface area contributed by atoms with Gasteiger partial charge in [0.15, 0.2) is 0 Å². The Balaban J connectivity index is 2.20. The second kappa shape index (κ2) is 6.37. The van der Waals surface area contributed by atoms with Gasteiger partial charge < -0.3 is 5.32 Å². The largest absolute Gasteiger partial charge is 0.345 e. The Morgan fingerprint density at radius 1 is 1.30 bits per heavy atom. The van der Waals surface area contributed by atoms with Crippen molar-refractivity contribution < 1.29 is 9.18 Å². The molecule has 0 bridgehead atoms. The molecule has 0 aliphatic heterocycles. The van der Waals surface area contributed by atoms with Crippen molar-refractivity contribution in [3.63, 3.8) is 0 Å². The molecule has 2 aromatic carbocycles. The second-order valence-electron chi connectivity index (χ2n) is 4.34. The number of rotatable bonds is 3. The van der Waals surface area contributed by atoms with Gasteiger partial charge in [-0.05, 0) is 36.8 Å². The van der Waals surface area contributed by atoms with Gasteiger partial charge in [-0.15, -0.1) is 0 Å². The van der Waals surface area contributed by atoms with Gasteiger partial charge in [0, 0.05) is 9.50 Å². The number of halogens is 3. The zero-order valence-corrected chi connectivity index (χ0v) is 13.0. The van der Waals surface area contributed by atoms with E-state index in [-0.39, 0.29) is 11.6 Å². The minimum Gasteiger partial charge on any atom is -0.345 e. The van der Waals surface area contributed by atoms with Crippen LogP contribution >= 0.6 is 27.5 Å². The highest BCUT2D eigenvalue weighted by atomic mass is 79.9. The van der Waals surface area contributed by atoms with Crippen molar-refractivity contribution in [3.05, 3.63) is 68.9 Å². The van der Waals surface area contributed by atoms with Crippen LogP contribution in [0.3, 0.4) is 0 Å². The van der Waals surface area contributed by atoms with Gasteiger partial charge in [-0.2, -0.15) is 0 Å². The lowest BCUT2D eigenvalue weighted by atomic mass is 10.1. The van der Waals surface area contributed by atoms with E-state index in [4.69, 9.17) is 11.6 Å². The van der Waals surface area contributed by atoms with Crippen molar-refractivity contribution in [2.24, 2.45) is 0 Å². The summed E-state index contributed by atoms with van der Waals surface area (Å²) < 4.78 is 14.3. The Morgan fingerprint density at radius 3 is 2.70 bits per heavy atom. The molecule has 0 aliphatic carbocycles. The molecule has 0 aliphatic rings. The average molecular weight is 357 g/mol. The second-order valence-corrected chi connectivity index (χ2v) is 5.66. The van der Waals surface area contributed by atoms with Crippen LogP contribution in [0, 0.1) is 5.82 Å². The normalized spacial score (nSPS) is 12.0. The summed E-state index contributed by atoms with van der Waals surface area (Å²) in [5.41, 5.74) is 0.788. The Morgan fingerprint density at radius 2 is 2.00 bits per heavy atom. The summed E-state index contributed by atoms with van der Waals surface area (Å²) >= 11 is 9.29. The van der Waals surface area contributed by atoms with Crippen LogP contribution in [0.15, 0.2) is 46.9 Å². The molecule has 0 spiro atoms. The molecule has 0 aromatic heterocycles. The van der Waals surface area contributed by atoms with Crippen LogP contribution in [-0.2, 0) is 0 Å². The lowest BCUT2D eigenvalue weighted by Crippen LogP contribution is -2.27. The van der Waals surface area contributed by atoms with Crippen LogP contribution in [-0.4, -0.2) is 5.91 Å². The van der Waals surface area contributed by atoms with Crippen LogP contribution in [0.1, 0.15) is 28.9 Å². The number of hydrogen-bond acceptors (Lipinski definition) is 1. The minimum absolute atomic E-state index is 0.00159. The third kappa shape index (κ3) is 3.38. The molecule has 0 fully saturated rings. The zero-order valence-electron chi connectivity index (χ0n) is 10.7. The van der Waals surface area contributed by atoms with Gasteiger partial charge in [-0.1, -0.05) is 45.7 Å². The SMILES string of the molecule is CC(NC(=O)c1cc(Br)ccc1F)c1ccccc1Cl. The number of carbonyl (C=O) groups excluding carboxylic acids is 1. The van der Waals surface area contributed by atoms with Crippen molar-refractivity contribution in [1.82, 2.24) is 5.32 Å². The molecule has 2 aromatic rings. The first-order valence-corrected chi connectivity index (χ1v) is 7.16. The van der Waals surface area contributed by atoms with Gasteiger partial charge in [0.05, 0.1) is 11.6 Å².